The molecule has 1 unspecified atom stereocenters. The molecule has 0 saturated heterocycles. The highest BCUT2D eigenvalue weighted by Crippen LogP contribution is 2.40. The molecule has 4 heteroatoms. The minimum atomic E-state index is 0.182. The molecule has 0 fully saturated rings. The van der Waals surface area contributed by atoms with Crippen LogP contribution in [0, 0.1) is 0 Å². The third-order valence-electron chi connectivity index (χ3n) is 3.98. The zero-order valence-corrected chi connectivity index (χ0v) is 16.7. The van der Waals surface area contributed by atoms with Crippen LogP contribution in [0.15, 0.2) is 54.1 Å². The maximum Gasteiger partial charge on any atom is 0.156 e. The lowest BCUT2D eigenvalue weighted by Gasteiger charge is -2.33. The van der Waals surface area contributed by atoms with Crippen molar-refractivity contribution < 1.29 is 4.79 Å². The van der Waals surface area contributed by atoms with Gasteiger partial charge in [0.15, 0.2) is 5.78 Å². The molecule has 0 aromatic heterocycles. The Labute approximate surface area is 155 Å². The van der Waals surface area contributed by atoms with Gasteiger partial charge in [0, 0.05) is 33.3 Å². The van der Waals surface area contributed by atoms with Gasteiger partial charge in [-0.1, -0.05) is 62.4 Å². The third kappa shape index (κ3) is 4.17. The van der Waals surface area contributed by atoms with Gasteiger partial charge in [-0.15, -0.1) is 0 Å². The van der Waals surface area contributed by atoms with Crippen molar-refractivity contribution in [2.24, 2.45) is 0 Å². The van der Waals surface area contributed by atoms with E-state index in [1.807, 2.05) is 13.8 Å². The summed E-state index contributed by atoms with van der Waals surface area (Å²) in [5.41, 5.74) is 2.27. The van der Waals surface area contributed by atoms with Crippen LogP contribution in [0.1, 0.15) is 38.8 Å². The SMILES string of the molecule is CC.CC(=O)C1=CCC(c2cccc3ccccc23)N(SI)C1. The summed E-state index contributed by atoms with van der Waals surface area (Å²) in [6.07, 6.45) is 3.00. The van der Waals surface area contributed by atoms with Crippen LogP contribution in [0.4, 0.5) is 0 Å². The van der Waals surface area contributed by atoms with E-state index >= 15 is 0 Å². The second-order valence-corrected chi connectivity index (χ2v) is 7.04. The van der Waals surface area contributed by atoms with Gasteiger partial charge in [0.05, 0.1) is 6.04 Å². The Morgan fingerprint density at radius 3 is 2.57 bits per heavy atom. The van der Waals surface area contributed by atoms with Crippen LogP contribution in [0.3, 0.4) is 0 Å². The zero-order chi connectivity index (χ0) is 16.8. The fraction of sp³-hybridized carbons (Fsp3) is 0.316. The van der Waals surface area contributed by atoms with Crippen molar-refractivity contribution in [3.05, 3.63) is 59.7 Å². The fourth-order valence-electron chi connectivity index (χ4n) is 2.86. The van der Waals surface area contributed by atoms with E-state index in [0.717, 1.165) is 18.5 Å². The van der Waals surface area contributed by atoms with Crippen LogP contribution < -0.4 is 0 Å². The Hall–Kier alpha value is -0.850. The van der Waals surface area contributed by atoms with Gasteiger partial charge in [-0.05, 0) is 38.8 Å². The maximum atomic E-state index is 11.6. The van der Waals surface area contributed by atoms with E-state index in [4.69, 9.17) is 0 Å². The highest BCUT2D eigenvalue weighted by molar-refractivity contribution is 14.2. The number of carbonyl (C=O) groups is 1. The highest BCUT2D eigenvalue weighted by atomic mass is 127. The first-order valence-electron chi connectivity index (χ1n) is 7.93. The van der Waals surface area contributed by atoms with Gasteiger partial charge in [-0.2, -0.15) is 0 Å². The molecule has 0 bridgehead atoms. The number of ketones is 1. The zero-order valence-electron chi connectivity index (χ0n) is 13.8. The number of carbonyl (C=O) groups excluding carboxylic acids is 1. The summed E-state index contributed by atoms with van der Waals surface area (Å²) < 4.78 is 2.30. The molecule has 0 spiro atoms. The van der Waals surface area contributed by atoms with Gasteiger partial charge in [-0.25, -0.2) is 4.31 Å². The van der Waals surface area contributed by atoms with Gasteiger partial charge in [-0.3, -0.25) is 4.79 Å². The molecule has 0 aliphatic carbocycles. The second-order valence-electron chi connectivity index (χ2n) is 5.25. The lowest BCUT2D eigenvalue weighted by Crippen LogP contribution is -2.28. The molecule has 1 heterocycles. The summed E-state index contributed by atoms with van der Waals surface area (Å²) in [7, 11) is 1.69. The van der Waals surface area contributed by atoms with Crippen molar-refractivity contribution in [2.45, 2.75) is 33.2 Å². The van der Waals surface area contributed by atoms with Crippen LogP contribution >= 0.6 is 30.3 Å². The quantitative estimate of drug-likeness (QED) is 0.424. The number of nitrogens with zero attached hydrogens (tertiary/aromatic N) is 1. The first-order chi connectivity index (χ1) is 11.2. The van der Waals surface area contributed by atoms with Gasteiger partial charge >= 0.3 is 0 Å². The normalized spacial score (nSPS) is 18.1. The summed E-state index contributed by atoms with van der Waals surface area (Å²) in [6.45, 7) is 6.37. The van der Waals surface area contributed by atoms with E-state index in [1.54, 1.807) is 16.0 Å². The molecular formula is C19H22INOS. The molecular weight excluding hydrogens is 417 g/mol. The Morgan fingerprint density at radius 1 is 1.17 bits per heavy atom. The van der Waals surface area contributed by atoms with Crippen molar-refractivity contribution in [3.63, 3.8) is 0 Å². The van der Waals surface area contributed by atoms with Crippen molar-refractivity contribution in [1.82, 2.24) is 4.31 Å². The summed E-state index contributed by atoms with van der Waals surface area (Å²) >= 11 is 2.31. The Kier molecular flexibility index (Phi) is 7.11. The predicted octanol–water partition coefficient (Wildman–Crippen LogP) is 6.13. The Morgan fingerprint density at radius 2 is 1.87 bits per heavy atom. The second kappa shape index (κ2) is 8.85. The minimum absolute atomic E-state index is 0.182. The number of hydrogen-bond donors (Lipinski definition) is 0. The number of fused-ring (bicyclic) bond motifs is 1. The van der Waals surface area contributed by atoms with Crippen molar-refractivity contribution in [2.75, 3.05) is 6.54 Å². The number of Topliss-reactive ketones (excluding diaryl/α,β-unsaturated/α-hetero) is 1. The van der Waals surface area contributed by atoms with E-state index < -0.39 is 0 Å². The average molecular weight is 439 g/mol. The fourth-order valence-corrected chi connectivity index (χ4v) is 4.59. The number of rotatable bonds is 3. The highest BCUT2D eigenvalue weighted by Gasteiger charge is 2.27. The average Bonchev–Trinajstić information content (AvgIpc) is 2.62. The molecule has 2 aromatic rings. The number of halogens is 1. The Balaban J connectivity index is 0.000000924. The van der Waals surface area contributed by atoms with Crippen LogP contribution in [-0.4, -0.2) is 16.6 Å². The largest absolute Gasteiger partial charge is 0.295 e. The smallest absolute Gasteiger partial charge is 0.156 e. The number of benzene rings is 2. The van der Waals surface area contributed by atoms with Gasteiger partial charge in [0.2, 0.25) is 0 Å². The summed E-state index contributed by atoms with van der Waals surface area (Å²) in [6, 6.07) is 15.3. The molecule has 122 valence electrons. The number of hydrogen-bond acceptors (Lipinski definition) is 3. The summed E-state index contributed by atoms with van der Waals surface area (Å²) in [4.78, 5) is 11.6. The lowest BCUT2D eigenvalue weighted by molar-refractivity contribution is -0.113. The minimum Gasteiger partial charge on any atom is -0.295 e. The first-order valence-corrected chi connectivity index (χ1v) is 11.3. The molecule has 3 rings (SSSR count). The topological polar surface area (TPSA) is 20.3 Å². The summed E-state index contributed by atoms with van der Waals surface area (Å²) in [5, 5.41) is 2.58. The molecule has 1 atom stereocenters. The molecule has 0 saturated carbocycles. The molecule has 1 aliphatic rings. The molecule has 2 nitrogen and oxygen atoms in total. The third-order valence-corrected chi connectivity index (χ3v) is 6.06. The van der Waals surface area contributed by atoms with Crippen LogP contribution in [0.25, 0.3) is 10.8 Å². The van der Waals surface area contributed by atoms with Gasteiger partial charge in [0.25, 0.3) is 0 Å². The predicted molar refractivity (Wildman–Crippen MR) is 110 cm³/mol. The van der Waals surface area contributed by atoms with Gasteiger partial charge in [0.1, 0.15) is 0 Å². The lowest BCUT2D eigenvalue weighted by atomic mass is 9.93. The monoisotopic (exact) mass is 439 g/mol. The van der Waals surface area contributed by atoms with Crippen LogP contribution in [0.5, 0.6) is 0 Å². The molecule has 23 heavy (non-hydrogen) atoms. The first kappa shape index (κ1) is 18.5. The molecule has 1 aliphatic heterocycles. The van der Waals surface area contributed by atoms with Crippen LogP contribution in [-0.2, 0) is 4.79 Å². The molecule has 2 aromatic carbocycles. The standard InChI is InChI=1S/C17H16INOS.C2H6/c1-12(20)14-9-10-17(19(11-14)21-18)16-8-4-6-13-5-2-3-7-15(13)16;1-2/h2-9,17H,10-11H2,1H3;1-2H3. The van der Waals surface area contributed by atoms with Crippen molar-refractivity contribution >= 4 is 46.9 Å². The molecule has 0 amide bonds. The maximum absolute atomic E-state index is 11.6. The van der Waals surface area contributed by atoms with E-state index in [1.165, 1.54) is 16.3 Å². The van der Waals surface area contributed by atoms with Crippen LogP contribution in [0.2, 0.25) is 0 Å². The Bertz CT molecular complexity index is 708. The van der Waals surface area contributed by atoms with E-state index in [2.05, 4.69) is 74.1 Å². The van der Waals surface area contributed by atoms with E-state index in [-0.39, 0.29) is 5.78 Å². The molecule has 0 radical (unpaired) electrons. The van der Waals surface area contributed by atoms with E-state index in [0.29, 0.717) is 6.04 Å². The van der Waals surface area contributed by atoms with E-state index in [9.17, 15) is 4.79 Å². The summed E-state index contributed by atoms with van der Waals surface area (Å²) in [5.74, 6) is 0.182. The molecule has 0 N–H and O–H groups in total. The van der Waals surface area contributed by atoms with Crippen molar-refractivity contribution in [3.8, 4) is 0 Å². The van der Waals surface area contributed by atoms with Crippen molar-refractivity contribution in [1.29, 1.82) is 0 Å². The van der Waals surface area contributed by atoms with Gasteiger partial charge < -0.3 is 0 Å².